The number of hydrogen-bond donors (Lipinski definition) is 1. The van der Waals surface area contributed by atoms with Gasteiger partial charge in [-0.2, -0.15) is 0 Å². The van der Waals surface area contributed by atoms with Crippen molar-refractivity contribution >= 4 is 16.6 Å². The molecule has 94 valence electrons. The van der Waals surface area contributed by atoms with Crippen LogP contribution in [0.4, 0.5) is 0 Å². The van der Waals surface area contributed by atoms with Crippen molar-refractivity contribution in [1.82, 2.24) is 0 Å². The van der Waals surface area contributed by atoms with Gasteiger partial charge < -0.3 is 15.2 Å². The quantitative estimate of drug-likeness (QED) is 0.837. The van der Waals surface area contributed by atoms with Crippen LogP contribution in [0.3, 0.4) is 0 Å². The minimum absolute atomic E-state index is 0.0577. The van der Waals surface area contributed by atoms with E-state index in [1.807, 2.05) is 24.3 Å². The van der Waals surface area contributed by atoms with E-state index in [1.54, 1.807) is 20.3 Å². The van der Waals surface area contributed by atoms with Crippen LogP contribution in [0.25, 0.3) is 10.8 Å². The molecule has 0 aromatic heterocycles. The predicted octanol–water partition coefficient (Wildman–Crippen LogP) is 2.00. The van der Waals surface area contributed by atoms with Crippen molar-refractivity contribution in [1.29, 1.82) is 0 Å². The molecule has 2 aromatic carbocycles. The summed E-state index contributed by atoms with van der Waals surface area (Å²) in [6.07, 6.45) is 0. The van der Waals surface area contributed by atoms with Crippen LogP contribution in [0.1, 0.15) is 10.4 Å². The number of nitrogens with two attached hydrogens (primary N) is 1. The Labute approximate surface area is 105 Å². The molecule has 0 heterocycles. The lowest BCUT2D eigenvalue weighted by Crippen LogP contribution is -2.15. The fourth-order valence-electron chi connectivity index (χ4n) is 2.02. The molecule has 0 radical (unpaired) electrons. The maximum absolute atomic E-state index is 11.8. The van der Waals surface area contributed by atoms with E-state index in [-0.39, 0.29) is 12.3 Å². The van der Waals surface area contributed by atoms with E-state index < -0.39 is 0 Å². The summed E-state index contributed by atoms with van der Waals surface area (Å²) in [6.45, 7) is -0.0577. The third-order valence-electron chi connectivity index (χ3n) is 2.87. The van der Waals surface area contributed by atoms with Crippen LogP contribution in [-0.2, 0) is 0 Å². The second-order valence-corrected chi connectivity index (χ2v) is 3.83. The zero-order valence-corrected chi connectivity index (χ0v) is 10.4. The van der Waals surface area contributed by atoms with E-state index in [9.17, 15) is 4.79 Å². The number of carbonyl (C=O) groups excluding carboxylic acids is 1. The minimum atomic E-state index is -0.170. The second-order valence-electron chi connectivity index (χ2n) is 3.83. The number of fused-ring (bicyclic) bond motifs is 1. The van der Waals surface area contributed by atoms with Crippen LogP contribution in [-0.4, -0.2) is 26.5 Å². The van der Waals surface area contributed by atoms with Crippen LogP contribution in [0.5, 0.6) is 11.5 Å². The summed E-state index contributed by atoms with van der Waals surface area (Å²) >= 11 is 0. The maximum atomic E-state index is 11.8. The third-order valence-corrected chi connectivity index (χ3v) is 2.87. The van der Waals surface area contributed by atoms with Gasteiger partial charge in [0, 0.05) is 10.8 Å². The van der Waals surface area contributed by atoms with Crippen LogP contribution < -0.4 is 15.2 Å². The Morgan fingerprint density at radius 2 is 1.83 bits per heavy atom. The van der Waals surface area contributed by atoms with Crippen molar-refractivity contribution in [2.45, 2.75) is 0 Å². The third kappa shape index (κ3) is 1.91. The van der Waals surface area contributed by atoms with Gasteiger partial charge in [-0.05, 0) is 6.07 Å². The van der Waals surface area contributed by atoms with Gasteiger partial charge in [0.15, 0.2) is 5.78 Å². The Morgan fingerprint density at radius 3 is 2.39 bits per heavy atom. The van der Waals surface area contributed by atoms with Crippen molar-refractivity contribution in [3.8, 4) is 11.5 Å². The lowest BCUT2D eigenvalue weighted by molar-refractivity contribution is 0.0998. The Bertz CT molecular complexity index is 593. The molecule has 4 heteroatoms. The zero-order chi connectivity index (χ0) is 13.1. The summed E-state index contributed by atoms with van der Waals surface area (Å²) in [4.78, 5) is 11.8. The molecule has 0 aliphatic heterocycles. The Balaban J connectivity index is 2.83. The Kier molecular flexibility index (Phi) is 3.48. The van der Waals surface area contributed by atoms with E-state index >= 15 is 0 Å². The van der Waals surface area contributed by atoms with Gasteiger partial charge in [-0.25, -0.2) is 0 Å². The molecular formula is C14H15NO3. The number of hydrogen-bond acceptors (Lipinski definition) is 4. The number of benzene rings is 2. The molecule has 0 spiro atoms. The minimum Gasteiger partial charge on any atom is -0.496 e. The largest absolute Gasteiger partial charge is 0.496 e. The summed E-state index contributed by atoms with van der Waals surface area (Å²) < 4.78 is 10.7. The van der Waals surface area contributed by atoms with Gasteiger partial charge in [0.2, 0.25) is 0 Å². The highest BCUT2D eigenvalue weighted by molar-refractivity contribution is 6.07. The van der Waals surface area contributed by atoms with E-state index in [0.29, 0.717) is 17.1 Å². The van der Waals surface area contributed by atoms with Gasteiger partial charge in [-0.3, -0.25) is 4.79 Å². The Hall–Kier alpha value is -2.07. The molecule has 0 fully saturated rings. The monoisotopic (exact) mass is 245 g/mol. The highest BCUT2D eigenvalue weighted by Gasteiger charge is 2.17. The lowest BCUT2D eigenvalue weighted by atomic mass is 10.0. The van der Waals surface area contributed by atoms with E-state index in [2.05, 4.69) is 0 Å². The van der Waals surface area contributed by atoms with E-state index in [0.717, 1.165) is 10.8 Å². The zero-order valence-electron chi connectivity index (χ0n) is 10.4. The molecule has 0 atom stereocenters. The first-order chi connectivity index (χ1) is 8.72. The van der Waals surface area contributed by atoms with Crippen LogP contribution in [0.15, 0.2) is 30.3 Å². The van der Waals surface area contributed by atoms with Crippen LogP contribution in [0.2, 0.25) is 0 Å². The molecule has 0 amide bonds. The number of carbonyl (C=O) groups is 1. The van der Waals surface area contributed by atoms with Gasteiger partial charge in [0.1, 0.15) is 11.5 Å². The summed E-state index contributed by atoms with van der Waals surface area (Å²) in [5.41, 5.74) is 5.87. The molecule has 0 saturated heterocycles. The molecule has 0 unspecified atom stereocenters. The number of ketones is 1. The summed E-state index contributed by atoms with van der Waals surface area (Å²) in [7, 11) is 3.12. The average Bonchev–Trinajstić information content (AvgIpc) is 2.44. The van der Waals surface area contributed by atoms with Gasteiger partial charge in [-0.15, -0.1) is 0 Å². The highest BCUT2D eigenvalue weighted by Crippen LogP contribution is 2.36. The first kappa shape index (κ1) is 12.4. The van der Waals surface area contributed by atoms with Crippen molar-refractivity contribution in [2.24, 2.45) is 5.73 Å². The Morgan fingerprint density at radius 1 is 1.17 bits per heavy atom. The summed E-state index contributed by atoms with van der Waals surface area (Å²) in [5.74, 6) is 1.01. The molecule has 18 heavy (non-hydrogen) atoms. The van der Waals surface area contributed by atoms with Gasteiger partial charge >= 0.3 is 0 Å². The molecule has 0 aliphatic rings. The van der Waals surface area contributed by atoms with Crippen molar-refractivity contribution in [3.63, 3.8) is 0 Å². The molecule has 0 saturated carbocycles. The van der Waals surface area contributed by atoms with Crippen LogP contribution in [0, 0.1) is 0 Å². The average molecular weight is 245 g/mol. The topological polar surface area (TPSA) is 61.5 Å². The molecule has 4 nitrogen and oxygen atoms in total. The van der Waals surface area contributed by atoms with Crippen LogP contribution >= 0.6 is 0 Å². The standard InChI is InChI=1S/C14H15NO3/c1-17-13-7-11(12(16)8-15)14(18-2)10-6-4-3-5-9(10)13/h3-7H,8,15H2,1-2H3. The van der Waals surface area contributed by atoms with Crippen molar-refractivity contribution in [3.05, 3.63) is 35.9 Å². The predicted molar refractivity (Wildman–Crippen MR) is 70.4 cm³/mol. The summed E-state index contributed by atoms with van der Waals surface area (Å²) in [5, 5.41) is 1.75. The fourth-order valence-corrected chi connectivity index (χ4v) is 2.02. The SMILES string of the molecule is COc1cc(C(=O)CN)c(OC)c2ccccc12. The number of Topliss-reactive ketones (excluding diaryl/α,β-unsaturated/α-hetero) is 1. The van der Waals surface area contributed by atoms with Gasteiger partial charge in [-0.1, -0.05) is 24.3 Å². The maximum Gasteiger partial charge on any atom is 0.180 e. The van der Waals surface area contributed by atoms with Gasteiger partial charge in [0.25, 0.3) is 0 Å². The normalized spacial score (nSPS) is 10.4. The molecule has 2 N–H and O–H groups in total. The van der Waals surface area contributed by atoms with E-state index in [4.69, 9.17) is 15.2 Å². The smallest absolute Gasteiger partial charge is 0.180 e. The molecule has 2 aromatic rings. The number of ether oxygens (including phenoxy) is 2. The molecular weight excluding hydrogens is 230 g/mol. The molecule has 0 aliphatic carbocycles. The van der Waals surface area contributed by atoms with Crippen molar-refractivity contribution < 1.29 is 14.3 Å². The number of rotatable bonds is 4. The molecule has 0 bridgehead atoms. The first-order valence-electron chi connectivity index (χ1n) is 5.60. The second kappa shape index (κ2) is 5.06. The fraction of sp³-hybridized carbons (Fsp3) is 0.214. The highest BCUT2D eigenvalue weighted by atomic mass is 16.5. The van der Waals surface area contributed by atoms with Gasteiger partial charge in [0.05, 0.1) is 26.3 Å². The summed E-state index contributed by atoms with van der Waals surface area (Å²) in [6, 6.07) is 9.30. The van der Waals surface area contributed by atoms with E-state index in [1.165, 1.54) is 0 Å². The number of methoxy groups -OCH3 is 2. The first-order valence-corrected chi connectivity index (χ1v) is 5.60. The lowest BCUT2D eigenvalue weighted by Gasteiger charge is -2.13. The van der Waals surface area contributed by atoms with Crippen molar-refractivity contribution in [2.75, 3.05) is 20.8 Å². The molecule has 2 rings (SSSR count).